The van der Waals surface area contributed by atoms with E-state index >= 15 is 0 Å². The second-order valence-corrected chi connectivity index (χ2v) is 6.30. The molecule has 2 saturated carbocycles. The Morgan fingerprint density at radius 1 is 1.40 bits per heavy atom. The Hall–Kier alpha value is -1.58. The molecule has 0 spiro atoms. The van der Waals surface area contributed by atoms with Crippen LogP contribution in [0.1, 0.15) is 43.0 Å². The number of para-hydroxylation sites is 1. The van der Waals surface area contributed by atoms with Gasteiger partial charge in [-0.1, -0.05) is 12.5 Å². The van der Waals surface area contributed by atoms with E-state index in [4.69, 9.17) is 5.73 Å². The summed E-state index contributed by atoms with van der Waals surface area (Å²) in [4.78, 5) is 12.2. The van der Waals surface area contributed by atoms with Crippen molar-refractivity contribution in [2.75, 3.05) is 5.73 Å². The van der Waals surface area contributed by atoms with E-state index < -0.39 is 5.82 Å². The molecule has 1 aromatic carbocycles. The number of hydrogen-bond acceptors (Lipinski definition) is 2. The smallest absolute Gasteiger partial charge is 0.253 e. The average molecular weight is 276 g/mol. The Morgan fingerprint density at radius 2 is 2.20 bits per heavy atom. The first-order chi connectivity index (χ1) is 9.56. The van der Waals surface area contributed by atoms with Gasteiger partial charge in [0.1, 0.15) is 5.82 Å². The van der Waals surface area contributed by atoms with E-state index in [0.29, 0.717) is 5.92 Å². The SMILES string of the molecule is CC(NC(=O)c1cccc(F)c1N)C1CC2CCC1C2. The van der Waals surface area contributed by atoms with E-state index in [2.05, 4.69) is 12.2 Å². The maximum atomic E-state index is 13.4. The van der Waals surface area contributed by atoms with Gasteiger partial charge in [0.15, 0.2) is 0 Å². The summed E-state index contributed by atoms with van der Waals surface area (Å²) in [5, 5.41) is 3.01. The number of carbonyl (C=O) groups is 1. The number of nitrogens with two attached hydrogens (primary N) is 1. The number of halogens is 1. The molecule has 0 heterocycles. The number of nitrogens with one attached hydrogen (secondary N) is 1. The monoisotopic (exact) mass is 276 g/mol. The first kappa shape index (κ1) is 13.4. The molecule has 2 fully saturated rings. The molecule has 0 saturated heterocycles. The summed E-state index contributed by atoms with van der Waals surface area (Å²) in [5.74, 6) is 1.36. The molecule has 0 aliphatic heterocycles. The zero-order valence-corrected chi connectivity index (χ0v) is 11.7. The Balaban J connectivity index is 1.68. The summed E-state index contributed by atoms with van der Waals surface area (Å²) in [5.41, 5.74) is 5.81. The third kappa shape index (κ3) is 2.28. The number of anilines is 1. The summed E-state index contributed by atoms with van der Waals surface area (Å²) in [6.45, 7) is 2.05. The first-order valence-electron chi connectivity index (χ1n) is 7.41. The van der Waals surface area contributed by atoms with Crippen LogP contribution in [0.5, 0.6) is 0 Å². The summed E-state index contributed by atoms with van der Waals surface area (Å²) in [7, 11) is 0. The van der Waals surface area contributed by atoms with Crippen molar-refractivity contribution < 1.29 is 9.18 Å². The zero-order valence-electron chi connectivity index (χ0n) is 11.7. The van der Waals surface area contributed by atoms with Crippen LogP contribution in [0.15, 0.2) is 18.2 Å². The van der Waals surface area contributed by atoms with Gasteiger partial charge in [0.2, 0.25) is 0 Å². The molecule has 3 rings (SSSR count). The highest BCUT2D eigenvalue weighted by atomic mass is 19.1. The van der Waals surface area contributed by atoms with Gasteiger partial charge < -0.3 is 11.1 Å². The molecular weight excluding hydrogens is 255 g/mol. The Morgan fingerprint density at radius 3 is 2.85 bits per heavy atom. The molecule has 2 bridgehead atoms. The van der Waals surface area contributed by atoms with Crippen LogP contribution in [-0.2, 0) is 0 Å². The van der Waals surface area contributed by atoms with Crippen molar-refractivity contribution >= 4 is 11.6 Å². The Labute approximate surface area is 118 Å². The van der Waals surface area contributed by atoms with Gasteiger partial charge in [-0.2, -0.15) is 0 Å². The lowest BCUT2D eigenvalue weighted by molar-refractivity contribution is 0.0916. The molecule has 0 radical (unpaired) electrons. The topological polar surface area (TPSA) is 55.1 Å². The zero-order chi connectivity index (χ0) is 14.3. The third-order valence-corrected chi connectivity index (χ3v) is 5.09. The maximum absolute atomic E-state index is 13.4. The van der Waals surface area contributed by atoms with Crippen LogP contribution in [-0.4, -0.2) is 11.9 Å². The second kappa shape index (κ2) is 5.08. The van der Waals surface area contributed by atoms with Crippen LogP contribution < -0.4 is 11.1 Å². The molecule has 4 atom stereocenters. The van der Waals surface area contributed by atoms with Crippen molar-refractivity contribution in [1.29, 1.82) is 0 Å². The van der Waals surface area contributed by atoms with Crippen LogP contribution in [0.4, 0.5) is 10.1 Å². The largest absolute Gasteiger partial charge is 0.396 e. The minimum atomic E-state index is -0.537. The lowest BCUT2D eigenvalue weighted by Gasteiger charge is -2.28. The van der Waals surface area contributed by atoms with Crippen molar-refractivity contribution in [1.82, 2.24) is 5.32 Å². The van der Waals surface area contributed by atoms with E-state index in [9.17, 15) is 9.18 Å². The van der Waals surface area contributed by atoms with Gasteiger partial charge in [0, 0.05) is 6.04 Å². The summed E-state index contributed by atoms with van der Waals surface area (Å²) in [6, 6.07) is 4.48. The van der Waals surface area contributed by atoms with E-state index in [1.54, 1.807) is 6.07 Å². The summed E-state index contributed by atoms with van der Waals surface area (Å²) >= 11 is 0. The van der Waals surface area contributed by atoms with E-state index in [1.807, 2.05) is 0 Å². The third-order valence-electron chi connectivity index (χ3n) is 5.09. The molecule has 1 aromatic rings. The van der Waals surface area contributed by atoms with Gasteiger partial charge in [-0.25, -0.2) is 4.39 Å². The number of benzene rings is 1. The summed E-state index contributed by atoms with van der Waals surface area (Å²) in [6.07, 6.45) is 5.16. The lowest BCUT2D eigenvalue weighted by Crippen LogP contribution is -2.40. The molecule has 20 heavy (non-hydrogen) atoms. The fourth-order valence-corrected chi connectivity index (χ4v) is 4.03. The lowest BCUT2D eigenvalue weighted by atomic mass is 9.84. The van der Waals surface area contributed by atoms with Crippen molar-refractivity contribution in [3.05, 3.63) is 29.6 Å². The normalized spacial score (nSPS) is 29.4. The number of nitrogen functional groups attached to an aromatic ring is 1. The molecule has 3 N–H and O–H groups in total. The molecule has 4 unspecified atom stereocenters. The van der Waals surface area contributed by atoms with Crippen molar-refractivity contribution in [2.24, 2.45) is 17.8 Å². The highest BCUT2D eigenvalue weighted by Gasteiger charge is 2.42. The highest BCUT2D eigenvalue weighted by molar-refractivity contribution is 5.99. The van der Waals surface area contributed by atoms with Crippen molar-refractivity contribution in [3.63, 3.8) is 0 Å². The molecule has 2 aliphatic carbocycles. The molecular formula is C16H21FN2O. The minimum absolute atomic E-state index is 0.0647. The van der Waals surface area contributed by atoms with Crippen LogP contribution in [0.2, 0.25) is 0 Å². The number of rotatable bonds is 3. The van der Waals surface area contributed by atoms with Gasteiger partial charge in [-0.15, -0.1) is 0 Å². The molecule has 0 aromatic heterocycles. The van der Waals surface area contributed by atoms with Gasteiger partial charge >= 0.3 is 0 Å². The van der Waals surface area contributed by atoms with E-state index in [0.717, 1.165) is 11.8 Å². The second-order valence-electron chi connectivity index (χ2n) is 6.30. The molecule has 3 nitrogen and oxygen atoms in total. The van der Waals surface area contributed by atoms with Crippen molar-refractivity contribution in [3.8, 4) is 0 Å². The highest BCUT2D eigenvalue weighted by Crippen LogP contribution is 2.49. The van der Waals surface area contributed by atoms with Crippen LogP contribution in [0, 0.1) is 23.6 Å². The van der Waals surface area contributed by atoms with Crippen LogP contribution >= 0.6 is 0 Å². The molecule has 1 amide bonds. The fourth-order valence-electron chi connectivity index (χ4n) is 4.03. The maximum Gasteiger partial charge on any atom is 0.253 e. The predicted octanol–water partition coefficient (Wildman–Crippen LogP) is 2.96. The van der Waals surface area contributed by atoms with Crippen LogP contribution in [0.25, 0.3) is 0 Å². The Bertz CT molecular complexity index is 531. The van der Waals surface area contributed by atoms with Crippen LogP contribution in [0.3, 0.4) is 0 Å². The quantitative estimate of drug-likeness (QED) is 0.834. The standard InChI is InChI=1S/C16H21FN2O/c1-9(13-8-10-5-6-11(13)7-10)19-16(20)12-3-2-4-14(17)15(12)18/h2-4,9-11,13H,5-8,18H2,1H3,(H,19,20). The number of amides is 1. The molecule has 4 heteroatoms. The minimum Gasteiger partial charge on any atom is -0.396 e. The first-order valence-corrected chi connectivity index (χ1v) is 7.41. The number of hydrogen-bond donors (Lipinski definition) is 2. The van der Waals surface area contributed by atoms with Gasteiger partial charge in [-0.05, 0) is 56.1 Å². The molecule has 2 aliphatic rings. The fraction of sp³-hybridized carbons (Fsp3) is 0.562. The van der Waals surface area contributed by atoms with E-state index in [1.165, 1.54) is 37.8 Å². The van der Waals surface area contributed by atoms with Gasteiger partial charge in [0.05, 0.1) is 11.3 Å². The van der Waals surface area contributed by atoms with E-state index in [-0.39, 0.29) is 23.2 Å². The summed E-state index contributed by atoms with van der Waals surface area (Å²) < 4.78 is 13.4. The number of carbonyl (C=O) groups excluding carboxylic acids is 1. The molecule has 108 valence electrons. The average Bonchev–Trinajstić information content (AvgIpc) is 3.04. The van der Waals surface area contributed by atoms with Crippen molar-refractivity contribution in [2.45, 2.75) is 38.6 Å². The number of fused-ring (bicyclic) bond motifs is 2. The predicted molar refractivity (Wildman–Crippen MR) is 76.7 cm³/mol. The van der Waals surface area contributed by atoms with Gasteiger partial charge in [-0.3, -0.25) is 4.79 Å². The Kier molecular flexibility index (Phi) is 3.40. The van der Waals surface area contributed by atoms with Gasteiger partial charge in [0.25, 0.3) is 5.91 Å².